The number of carbonyl (C=O) groups excluding carboxylic acids is 1. The molecule has 0 spiro atoms. The van der Waals surface area contributed by atoms with Gasteiger partial charge in [0.25, 0.3) is 5.91 Å². The van der Waals surface area contributed by atoms with Gasteiger partial charge < -0.3 is 14.7 Å². The molecule has 0 bridgehead atoms. The van der Waals surface area contributed by atoms with Gasteiger partial charge in [-0.1, -0.05) is 5.16 Å². The highest BCUT2D eigenvalue weighted by molar-refractivity contribution is 5.94. The highest BCUT2D eigenvalue weighted by atomic mass is 16.5. The number of carbonyl (C=O) groups is 1. The van der Waals surface area contributed by atoms with Gasteiger partial charge in [0.05, 0.1) is 12.2 Å². The highest BCUT2D eigenvalue weighted by Gasteiger charge is 2.27. The van der Waals surface area contributed by atoms with Gasteiger partial charge in [0.1, 0.15) is 11.3 Å². The van der Waals surface area contributed by atoms with Gasteiger partial charge in [-0.3, -0.25) is 4.79 Å². The van der Waals surface area contributed by atoms with Crippen molar-refractivity contribution in [1.29, 1.82) is 0 Å². The van der Waals surface area contributed by atoms with E-state index in [0.717, 1.165) is 13.1 Å². The molecular formula is C9H13N3O2. The molecule has 0 aliphatic carbocycles. The van der Waals surface area contributed by atoms with E-state index in [0.29, 0.717) is 17.4 Å². The van der Waals surface area contributed by atoms with Crippen LogP contribution in [-0.4, -0.2) is 42.1 Å². The fraction of sp³-hybridized carbons (Fsp3) is 0.556. The number of aryl methyl sites for hydroxylation is 1. The van der Waals surface area contributed by atoms with Crippen LogP contribution in [0.5, 0.6) is 0 Å². The standard InChI is InChI=1S/C9H13N3O2/c1-6-8(5-11-14-6)9(13)12(2)7-3-10-4-7/h5,7,10H,3-4H2,1-2H3. The van der Waals surface area contributed by atoms with Crippen molar-refractivity contribution in [2.75, 3.05) is 20.1 Å². The van der Waals surface area contributed by atoms with Gasteiger partial charge in [0.2, 0.25) is 0 Å². The molecule has 5 heteroatoms. The number of amides is 1. The van der Waals surface area contributed by atoms with Gasteiger partial charge in [-0.05, 0) is 6.92 Å². The normalized spacial score (nSPS) is 16.4. The van der Waals surface area contributed by atoms with E-state index in [1.165, 1.54) is 6.20 Å². The minimum atomic E-state index is -0.0183. The maximum absolute atomic E-state index is 11.9. The maximum Gasteiger partial charge on any atom is 0.259 e. The van der Waals surface area contributed by atoms with E-state index in [1.54, 1.807) is 18.9 Å². The van der Waals surface area contributed by atoms with Crippen LogP contribution in [0.3, 0.4) is 0 Å². The zero-order chi connectivity index (χ0) is 10.1. The fourth-order valence-corrected chi connectivity index (χ4v) is 1.41. The first-order valence-electron chi connectivity index (χ1n) is 4.59. The SMILES string of the molecule is Cc1oncc1C(=O)N(C)C1CNC1. The third-order valence-electron chi connectivity index (χ3n) is 2.61. The Morgan fingerprint density at radius 1 is 1.71 bits per heavy atom. The smallest absolute Gasteiger partial charge is 0.259 e. The quantitative estimate of drug-likeness (QED) is 0.723. The van der Waals surface area contributed by atoms with Crippen LogP contribution in [0, 0.1) is 6.92 Å². The largest absolute Gasteiger partial charge is 0.361 e. The zero-order valence-corrected chi connectivity index (χ0v) is 8.28. The molecule has 5 nitrogen and oxygen atoms in total. The number of hydrogen-bond acceptors (Lipinski definition) is 4. The molecule has 76 valence electrons. The van der Waals surface area contributed by atoms with Crippen LogP contribution in [0.1, 0.15) is 16.1 Å². The topological polar surface area (TPSA) is 58.4 Å². The second-order valence-corrected chi connectivity index (χ2v) is 3.52. The summed E-state index contributed by atoms with van der Waals surface area (Å²) in [5.74, 6) is 0.560. The molecule has 1 aliphatic rings. The minimum Gasteiger partial charge on any atom is -0.361 e. The van der Waals surface area contributed by atoms with Crippen molar-refractivity contribution in [1.82, 2.24) is 15.4 Å². The number of rotatable bonds is 2. The van der Waals surface area contributed by atoms with Crippen LogP contribution in [0.15, 0.2) is 10.7 Å². The van der Waals surface area contributed by atoms with Crippen molar-refractivity contribution in [3.05, 3.63) is 17.5 Å². The number of nitrogens with zero attached hydrogens (tertiary/aromatic N) is 2. The average Bonchev–Trinajstić information content (AvgIpc) is 2.47. The third-order valence-corrected chi connectivity index (χ3v) is 2.61. The Morgan fingerprint density at radius 2 is 2.43 bits per heavy atom. The van der Waals surface area contributed by atoms with Crippen LogP contribution < -0.4 is 5.32 Å². The third kappa shape index (κ3) is 1.39. The molecule has 1 N–H and O–H groups in total. The van der Waals surface area contributed by atoms with Gasteiger partial charge in [-0.2, -0.15) is 0 Å². The van der Waals surface area contributed by atoms with Crippen molar-refractivity contribution in [2.24, 2.45) is 0 Å². The summed E-state index contributed by atoms with van der Waals surface area (Å²) in [6, 6.07) is 0.303. The second-order valence-electron chi connectivity index (χ2n) is 3.52. The number of likely N-dealkylation sites (N-methyl/N-ethyl adjacent to an activating group) is 1. The Bertz CT molecular complexity index is 344. The van der Waals surface area contributed by atoms with Crippen LogP contribution in [0.4, 0.5) is 0 Å². The van der Waals surface area contributed by atoms with E-state index < -0.39 is 0 Å². The van der Waals surface area contributed by atoms with Gasteiger partial charge in [0, 0.05) is 20.1 Å². The molecule has 1 amide bonds. The Morgan fingerprint density at radius 3 is 2.86 bits per heavy atom. The lowest BCUT2D eigenvalue weighted by Crippen LogP contribution is -2.57. The van der Waals surface area contributed by atoms with Gasteiger partial charge in [-0.15, -0.1) is 0 Å². The van der Waals surface area contributed by atoms with Gasteiger partial charge in [0.15, 0.2) is 0 Å². The summed E-state index contributed by atoms with van der Waals surface area (Å²) in [5, 5.41) is 6.71. The first-order chi connectivity index (χ1) is 6.70. The maximum atomic E-state index is 11.9. The molecule has 0 unspecified atom stereocenters. The lowest BCUT2D eigenvalue weighted by Gasteiger charge is -2.35. The van der Waals surface area contributed by atoms with Crippen LogP contribution in [0.2, 0.25) is 0 Å². The van der Waals surface area contributed by atoms with Crippen molar-refractivity contribution < 1.29 is 9.32 Å². The van der Waals surface area contributed by atoms with E-state index in [1.807, 2.05) is 0 Å². The van der Waals surface area contributed by atoms with Crippen molar-refractivity contribution >= 4 is 5.91 Å². The highest BCUT2D eigenvalue weighted by Crippen LogP contribution is 2.12. The predicted octanol–water partition coefficient (Wildman–Crippen LogP) is 0.0268. The van der Waals surface area contributed by atoms with Crippen LogP contribution >= 0.6 is 0 Å². The Kier molecular flexibility index (Phi) is 2.25. The number of hydrogen-bond donors (Lipinski definition) is 1. The summed E-state index contributed by atoms with van der Waals surface area (Å²) in [4.78, 5) is 13.6. The van der Waals surface area contributed by atoms with E-state index in [4.69, 9.17) is 4.52 Å². The number of aromatic nitrogens is 1. The summed E-state index contributed by atoms with van der Waals surface area (Å²) >= 11 is 0. The molecule has 2 heterocycles. The lowest BCUT2D eigenvalue weighted by atomic mass is 10.1. The van der Waals surface area contributed by atoms with Gasteiger partial charge in [-0.25, -0.2) is 0 Å². The minimum absolute atomic E-state index is 0.0183. The summed E-state index contributed by atoms with van der Waals surface area (Å²) in [6.45, 7) is 3.48. The molecule has 0 saturated carbocycles. The molecule has 0 atom stereocenters. The first-order valence-corrected chi connectivity index (χ1v) is 4.59. The Labute approximate surface area is 82.1 Å². The molecule has 1 fully saturated rings. The molecule has 1 aliphatic heterocycles. The van der Waals surface area contributed by atoms with E-state index in [-0.39, 0.29) is 5.91 Å². The van der Waals surface area contributed by atoms with E-state index in [2.05, 4.69) is 10.5 Å². The monoisotopic (exact) mass is 195 g/mol. The molecule has 0 aromatic carbocycles. The summed E-state index contributed by atoms with van der Waals surface area (Å²) in [5.41, 5.74) is 0.555. The molecule has 1 aromatic rings. The van der Waals surface area contributed by atoms with E-state index >= 15 is 0 Å². The molecular weight excluding hydrogens is 182 g/mol. The Balaban J connectivity index is 2.11. The first kappa shape index (κ1) is 9.21. The molecule has 14 heavy (non-hydrogen) atoms. The second kappa shape index (κ2) is 3.42. The van der Waals surface area contributed by atoms with Crippen molar-refractivity contribution in [3.63, 3.8) is 0 Å². The molecule has 0 radical (unpaired) electrons. The Hall–Kier alpha value is -1.36. The predicted molar refractivity (Wildman–Crippen MR) is 50.0 cm³/mol. The summed E-state index contributed by atoms with van der Waals surface area (Å²) in [6.07, 6.45) is 1.47. The van der Waals surface area contributed by atoms with Crippen LogP contribution in [-0.2, 0) is 0 Å². The fourth-order valence-electron chi connectivity index (χ4n) is 1.41. The molecule has 1 aromatic heterocycles. The summed E-state index contributed by atoms with van der Waals surface area (Å²) < 4.78 is 4.85. The van der Waals surface area contributed by atoms with Crippen molar-refractivity contribution in [2.45, 2.75) is 13.0 Å². The number of nitrogens with one attached hydrogen (secondary N) is 1. The lowest BCUT2D eigenvalue weighted by molar-refractivity contribution is 0.0679. The molecule has 2 rings (SSSR count). The summed E-state index contributed by atoms with van der Waals surface area (Å²) in [7, 11) is 1.81. The average molecular weight is 195 g/mol. The van der Waals surface area contributed by atoms with Gasteiger partial charge >= 0.3 is 0 Å². The van der Waals surface area contributed by atoms with Crippen molar-refractivity contribution in [3.8, 4) is 0 Å². The van der Waals surface area contributed by atoms with E-state index in [9.17, 15) is 4.79 Å². The van der Waals surface area contributed by atoms with Crippen LogP contribution in [0.25, 0.3) is 0 Å². The molecule has 1 saturated heterocycles. The zero-order valence-electron chi connectivity index (χ0n) is 8.28.